The first kappa shape index (κ1) is 20.6. The summed E-state index contributed by atoms with van der Waals surface area (Å²) in [5, 5.41) is 0.490. The summed E-state index contributed by atoms with van der Waals surface area (Å²) in [6.45, 7) is 4.31. The molecule has 0 bridgehead atoms. The number of aryl methyl sites for hydroxylation is 1. The number of nitrogens with zero attached hydrogens (tertiary/aromatic N) is 4. The molecule has 0 N–H and O–H groups in total. The lowest BCUT2D eigenvalue weighted by atomic mass is 10.2. The fourth-order valence-corrected chi connectivity index (χ4v) is 3.13. The second-order valence-corrected chi connectivity index (χ2v) is 6.72. The Balaban J connectivity index is 1.93. The van der Waals surface area contributed by atoms with Gasteiger partial charge < -0.3 is 14.0 Å². The second-order valence-electron chi connectivity index (χ2n) is 6.31. The van der Waals surface area contributed by atoms with Gasteiger partial charge in [0.15, 0.2) is 11.3 Å². The van der Waals surface area contributed by atoms with Crippen molar-refractivity contribution in [2.75, 3.05) is 25.7 Å². The van der Waals surface area contributed by atoms with Gasteiger partial charge in [0, 0.05) is 17.8 Å². The van der Waals surface area contributed by atoms with Crippen LogP contribution in [0.5, 0.6) is 0 Å². The van der Waals surface area contributed by atoms with Gasteiger partial charge in [0.25, 0.3) is 0 Å². The molecule has 0 unspecified atom stereocenters. The van der Waals surface area contributed by atoms with Crippen molar-refractivity contribution in [1.29, 1.82) is 0 Å². The molecule has 152 valence electrons. The van der Waals surface area contributed by atoms with E-state index in [1.807, 2.05) is 17.6 Å². The normalized spacial score (nSPS) is 10.8. The summed E-state index contributed by atoms with van der Waals surface area (Å²) < 4.78 is 11.6. The van der Waals surface area contributed by atoms with Crippen molar-refractivity contribution in [1.82, 2.24) is 14.5 Å². The Hall–Kier alpha value is -3.13. The van der Waals surface area contributed by atoms with E-state index in [1.165, 1.54) is 12.0 Å². The van der Waals surface area contributed by atoms with Crippen LogP contribution in [0.2, 0.25) is 5.02 Å². The number of imidazole rings is 1. The topological polar surface area (TPSA) is 86.6 Å². The van der Waals surface area contributed by atoms with Crippen LogP contribution in [0.15, 0.2) is 30.3 Å². The zero-order valence-electron chi connectivity index (χ0n) is 16.6. The highest BCUT2D eigenvalue weighted by Gasteiger charge is 2.16. The predicted molar refractivity (Wildman–Crippen MR) is 110 cm³/mol. The Morgan fingerprint density at radius 2 is 1.97 bits per heavy atom. The largest absolute Gasteiger partial charge is 0.464 e. The Bertz CT molecular complexity index is 1080. The number of methoxy groups -OCH3 is 1. The number of pyridine rings is 1. The van der Waals surface area contributed by atoms with Crippen LogP contribution in [-0.4, -0.2) is 47.4 Å². The van der Waals surface area contributed by atoms with Crippen LogP contribution in [0.1, 0.15) is 28.8 Å². The molecule has 0 aliphatic heterocycles. The first-order valence-corrected chi connectivity index (χ1v) is 9.34. The number of fused-ring (bicyclic) bond motifs is 1. The summed E-state index contributed by atoms with van der Waals surface area (Å²) in [7, 11) is 2.93. The second kappa shape index (κ2) is 8.48. The van der Waals surface area contributed by atoms with E-state index < -0.39 is 12.1 Å². The number of aromatic nitrogens is 3. The molecule has 0 fully saturated rings. The minimum absolute atomic E-state index is 0.207. The lowest BCUT2D eigenvalue weighted by Crippen LogP contribution is -2.27. The molecule has 2 heterocycles. The number of ether oxygens (including phenoxy) is 2. The number of anilines is 1. The molecule has 0 atom stereocenters. The lowest BCUT2D eigenvalue weighted by molar-refractivity contribution is 0.0594. The number of carbonyl (C=O) groups excluding carboxylic acids is 2. The van der Waals surface area contributed by atoms with E-state index in [4.69, 9.17) is 21.1 Å². The third-order valence-electron chi connectivity index (χ3n) is 4.47. The van der Waals surface area contributed by atoms with E-state index in [0.29, 0.717) is 35.0 Å². The number of benzene rings is 1. The van der Waals surface area contributed by atoms with Gasteiger partial charge >= 0.3 is 12.1 Å². The highest BCUT2D eigenvalue weighted by atomic mass is 35.5. The van der Waals surface area contributed by atoms with Crippen LogP contribution >= 0.6 is 11.6 Å². The van der Waals surface area contributed by atoms with E-state index in [-0.39, 0.29) is 5.69 Å². The monoisotopic (exact) mass is 416 g/mol. The van der Waals surface area contributed by atoms with E-state index in [2.05, 4.69) is 9.97 Å². The van der Waals surface area contributed by atoms with Crippen molar-refractivity contribution in [2.24, 2.45) is 0 Å². The number of carbonyl (C=O) groups is 2. The van der Waals surface area contributed by atoms with Crippen molar-refractivity contribution in [3.8, 4) is 0 Å². The zero-order chi connectivity index (χ0) is 21.1. The number of halogens is 1. The quantitative estimate of drug-likeness (QED) is 0.587. The van der Waals surface area contributed by atoms with Crippen molar-refractivity contribution in [3.05, 3.63) is 52.4 Å². The van der Waals surface area contributed by atoms with Gasteiger partial charge in [-0.25, -0.2) is 19.6 Å². The van der Waals surface area contributed by atoms with Crippen molar-refractivity contribution < 1.29 is 19.1 Å². The van der Waals surface area contributed by atoms with Crippen LogP contribution in [0.25, 0.3) is 11.2 Å². The highest BCUT2D eigenvalue weighted by Crippen LogP contribution is 2.26. The average Bonchev–Trinajstić information content (AvgIpc) is 3.02. The first-order valence-electron chi connectivity index (χ1n) is 8.96. The number of hydrogen-bond donors (Lipinski definition) is 0. The van der Waals surface area contributed by atoms with Crippen LogP contribution < -0.4 is 4.90 Å². The standard InChI is InChI=1S/C20H21ClN4O4/c1-5-29-20(27)24(3)14-7-6-13(15(21)10-14)11-25-12(2)22-16-8-9-17(19(26)28-4)23-18(16)25/h6-10H,5,11H2,1-4H3. The van der Waals surface area contributed by atoms with Crippen LogP contribution in [0.3, 0.4) is 0 Å². The molecule has 29 heavy (non-hydrogen) atoms. The van der Waals surface area contributed by atoms with Crippen LogP contribution in [-0.2, 0) is 16.0 Å². The molecular weight excluding hydrogens is 396 g/mol. The molecule has 9 heteroatoms. The summed E-state index contributed by atoms with van der Waals surface area (Å²) in [4.78, 5) is 34.0. The van der Waals surface area contributed by atoms with Gasteiger partial charge in [0.2, 0.25) is 0 Å². The molecule has 0 saturated carbocycles. The van der Waals surface area contributed by atoms with E-state index >= 15 is 0 Å². The van der Waals surface area contributed by atoms with Gasteiger partial charge in [-0.3, -0.25) is 4.90 Å². The Morgan fingerprint density at radius 1 is 1.21 bits per heavy atom. The SMILES string of the molecule is CCOC(=O)N(C)c1ccc(Cn2c(C)nc3ccc(C(=O)OC)nc32)c(Cl)c1. The van der Waals surface area contributed by atoms with Crippen molar-refractivity contribution >= 4 is 40.5 Å². The molecule has 0 spiro atoms. The number of amides is 1. The molecule has 1 amide bonds. The third kappa shape index (κ3) is 4.17. The Kier molecular flexibility index (Phi) is 6.03. The molecule has 1 aromatic carbocycles. The highest BCUT2D eigenvalue weighted by molar-refractivity contribution is 6.31. The lowest BCUT2D eigenvalue weighted by Gasteiger charge is -2.18. The smallest absolute Gasteiger partial charge is 0.413 e. The fourth-order valence-electron chi connectivity index (χ4n) is 2.89. The summed E-state index contributed by atoms with van der Waals surface area (Å²) in [5.41, 5.74) is 2.88. The first-order chi connectivity index (χ1) is 13.8. The van der Waals surface area contributed by atoms with Crippen molar-refractivity contribution in [3.63, 3.8) is 0 Å². The summed E-state index contributed by atoms with van der Waals surface area (Å²) in [6.07, 6.45) is -0.452. The van der Waals surface area contributed by atoms with Gasteiger partial charge in [-0.1, -0.05) is 17.7 Å². The number of rotatable bonds is 5. The van der Waals surface area contributed by atoms with Gasteiger partial charge in [-0.15, -0.1) is 0 Å². The molecule has 3 aromatic rings. The maximum Gasteiger partial charge on any atom is 0.413 e. The van der Waals surface area contributed by atoms with E-state index in [9.17, 15) is 9.59 Å². The Morgan fingerprint density at radius 3 is 2.62 bits per heavy atom. The van der Waals surface area contributed by atoms with Gasteiger partial charge in [-0.2, -0.15) is 0 Å². The molecular formula is C20H21ClN4O4. The van der Waals surface area contributed by atoms with E-state index in [1.54, 1.807) is 38.2 Å². The number of esters is 1. The van der Waals surface area contributed by atoms with Gasteiger partial charge in [0.05, 0.1) is 20.3 Å². The van der Waals surface area contributed by atoms with Gasteiger partial charge in [0.1, 0.15) is 11.3 Å². The average molecular weight is 417 g/mol. The van der Waals surface area contributed by atoms with E-state index in [0.717, 1.165) is 11.4 Å². The molecule has 0 saturated heterocycles. The van der Waals surface area contributed by atoms with Gasteiger partial charge in [-0.05, 0) is 43.7 Å². The summed E-state index contributed by atoms with van der Waals surface area (Å²) in [5.74, 6) is 0.222. The third-order valence-corrected chi connectivity index (χ3v) is 4.82. The number of hydrogen-bond acceptors (Lipinski definition) is 6. The maximum atomic E-state index is 11.9. The molecule has 0 aliphatic carbocycles. The fraction of sp³-hybridized carbons (Fsp3) is 0.300. The molecule has 8 nitrogen and oxygen atoms in total. The molecule has 0 radical (unpaired) electrons. The van der Waals surface area contributed by atoms with Crippen LogP contribution in [0, 0.1) is 6.92 Å². The summed E-state index contributed by atoms with van der Waals surface area (Å²) in [6, 6.07) is 8.65. The zero-order valence-corrected chi connectivity index (χ0v) is 17.4. The predicted octanol–water partition coefficient (Wildman–Crippen LogP) is 3.82. The minimum Gasteiger partial charge on any atom is -0.464 e. The minimum atomic E-state index is -0.512. The molecule has 2 aromatic heterocycles. The van der Waals surface area contributed by atoms with Crippen molar-refractivity contribution in [2.45, 2.75) is 20.4 Å². The summed E-state index contributed by atoms with van der Waals surface area (Å²) >= 11 is 6.47. The van der Waals surface area contributed by atoms with Crippen LogP contribution in [0.4, 0.5) is 10.5 Å². The molecule has 3 rings (SSSR count). The Labute approximate surface area is 173 Å². The molecule has 0 aliphatic rings. The maximum absolute atomic E-state index is 11.9.